The third kappa shape index (κ3) is 1.95. The number of aromatic nitrogens is 1. The van der Waals surface area contributed by atoms with Crippen LogP contribution in [0.1, 0.15) is 17.8 Å². The highest BCUT2D eigenvalue weighted by Crippen LogP contribution is 2.25. The molecular weight excluding hydrogens is 199 g/mol. The van der Waals surface area contributed by atoms with E-state index in [2.05, 4.69) is 9.72 Å². The van der Waals surface area contributed by atoms with Gasteiger partial charge in [0.2, 0.25) is 0 Å². The maximum atomic E-state index is 12.9. The van der Waals surface area contributed by atoms with E-state index in [4.69, 9.17) is 5.11 Å². The van der Waals surface area contributed by atoms with E-state index in [1.807, 2.05) is 0 Å². The molecule has 0 saturated heterocycles. The van der Waals surface area contributed by atoms with Gasteiger partial charge in [0, 0.05) is 6.07 Å². The normalized spacial score (nSPS) is 10.7. The molecular formula is C8H8F3NO2. The molecule has 0 spiro atoms. The Hall–Kier alpha value is -1.30. The Morgan fingerprint density at radius 2 is 2.21 bits per heavy atom. The number of aliphatic hydroxyl groups excluding tert-OH is 1. The summed E-state index contributed by atoms with van der Waals surface area (Å²) in [6, 6.07) is 0.778. The second kappa shape index (κ2) is 4.28. The average Bonchev–Trinajstić information content (AvgIpc) is 2.16. The van der Waals surface area contributed by atoms with Crippen molar-refractivity contribution in [2.75, 3.05) is 7.11 Å². The molecule has 1 N–H and O–H groups in total. The maximum Gasteiger partial charge on any atom is 0.283 e. The van der Waals surface area contributed by atoms with Crippen LogP contribution in [0.4, 0.5) is 13.2 Å². The van der Waals surface area contributed by atoms with Crippen molar-refractivity contribution in [3.05, 3.63) is 23.3 Å². The second-order valence-corrected chi connectivity index (χ2v) is 2.46. The van der Waals surface area contributed by atoms with Crippen molar-refractivity contribution in [2.24, 2.45) is 0 Å². The average molecular weight is 207 g/mol. The van der Waals surface area contributed by atoms with Gasteiger partial charge in [-0.2, -0.15) is 0 Å². The summed E-state index contributed by atoms with van der Waals surface area (Å²) in [6.45, 7) is -0.580. The van der Waals surface area contributed by atoms with Crippen LogP contribution in [0.15, 0.2) is 6.07 Å². The fraction of sp³-hybridized carbons (Fsp3) is 0.375. The summed E-state index contributed by atoms with van der Waals surface area (Å²) in [6.07, 6.45) is -3.01. The number of methoxy groups -OCH3 is 1. The summed E-state index contributed by atoms with van der Waals surface area (Å²) in [5.41, 5.74) is -1.08. The number of hydrogen-bond donors (Lipinski definition) is 1. The zero-order chi connectivity index (χ0) is 10.7. The third-order valence-electron chi connectivity index (χ3n) is 1.62. The van der Waals surface area contributed by atoms with Crippen molar-refractivity contribution in [1.29, 1.82) is 0 Å². The number of aliphatic hydroxyl groups is 1. The zero-order valence-corrected chi connectivity index (χ0v) is 7.30. The highest BCUT2D eigenvalue weighted by atomic mass is 19.3. The lowest BCUT2D eigenvalue weighted by atomic mass is 10.2. The van der Waals surface area contributed by atoms with Crippen LogP contribution >= 0.6 is 0 Å². The van der Waals surface area contributed by atoms with Crippen LogP contribution in [-0.4, -0.2) is 17.2 Å². The zero-order valence-electron chi connectivity index (χ0n) is 7.30. The minimum absolute atomic E-state index is 0.0469. The highest BCUT2D eigenvalue weighted by molar-refractivity contribution is 5.30. The lowest BCUT2D eigenvalue weighted by Crippen LogP contribution is -2.03. The van der Waals surface area contributed by atoms with Gasteiger partial charge in [0.05, 0.1) is 13.7 Å². The van der Waals surface area contributed by atoms with Crippen molar-refractivity contribution >= 4 is 0 Å². The molecule has 14 heavy (non-hydrogen) atoms. The summed E-state index contributed by atoms with van der Waals surface area (Å²) < 4.78 is 41.9. The Balaban J connectivity index is 3.23. The van der Waals surface area contributed by atoms with E-state index in [9.17, 15) is 13.2 Å². The van der Waals surface area contributed by atoms with Gasteiger partial charge in [-0.05, 0) is 0 Å². The molecule has 0 aromatic carbocycles. The molecule has 1 aromatic heterocycles. The van der Waals surface area contributed by atoms with E-state index >= 15 is 0 Å². The Kier molecular flexibility index (Phi) is 3.29. The van der Waals surface area contributed by atoms with E-state index in [1.54, 1.807) is 0 Å². The number of alkyl halides is 2. The molecule has 0 fully saturated rings. The molecule has 78 valence electrons. The molecule has 0 radical (unpaired) electrons. The summed E-state index contributed by atoms with van der Waals surface area (Å²) in [4.78, 5) is 3.26. The van der Waals surface area contributed by atoms with E-state index in [-0.39, 0.29) is 11.4 Å². The Morgan fingerprint density at radius 3 is 2.64 bits per heavy atom. The van der Waals surface area contributed by atoms with Gasteiger partial charge in [-0.25, -0.2) is 18.2 Å². The molecule has 0 aliphatic carbocycles. The molecule has 0 unspecified atom stereocenters. The molecule has 0 bridgehead atoms. The molecule has 1 aromatic rings. The number of ether oxygens (including phenoxy) is 1. The number of pyridine rings is 1. The second-order valence-electron chi connectivity index (χ2n) is 2.46. The van der Waals surface area contributed by atoms with E-state index in [0.717, 1.165) is 6.07 Å². The van der Waals surface area contributed by atoms with Crippen LogP contribution in [0, 0.1) is 5.82 Å². The Bertz CT molecular complexity index is 331. The van der Waals surface area contributed by atoms with Crippen molar-refractivity contribution in [2.45, 2.75) is 13.0 Å². The summed E-state index contributed by atoms with van der Waals surface area (Å²) in [7, 11) is 1.23. The Morgan fingerprint density at radius 1 is 1.57 bits per heavy atom. The quantitative estimate of drug-likeness (QED) is 0.819. The fourth-order valence-corrected chi connectivity index (χ4v) is 0.969. The molecule has 6 heteroatoms. The molecule has 0 saturated carbocycles. The first-order valence-corrected chi connectivity index (χ1v) is 3.72. The Labute approximate surface area is 78.2 Å². The fourth-order valence-electron chi connectivity index (χ4n) is 0.969. The van der Waals surface area contributed by atoms with Crippen molar-refractivity contribution < 1.29 is 23.0 Å². The number of halogens is 3. The SMILES string of the molecule is COc1cc(F)c(C(F)F)nc1CO. The van der Waals surface area contributed by atoms with Crippen LogP contribution < -0.4 is 4.74 Å². The predicted molar refractivity (Wildman–Crippen MR) is 41.6 cm³/mol. The molecule has 1 rings (SSSR count). The molecule has 0 atom stereocenters. The van der Waals surface area contributed by atoms with Gasteiger partial charge < -0.3 is 9.84 Å². The summed E-state index contributed by atoms with van der Waals surface area (Å²) >= 11 is 0. The van der Waals surface area contributed by atoms with E-state index in [0.29, 0.717) is 0 Å². The lowest BCUT2D eigenvalue weighted by molar-refractivity contribution is 0.139. The molecule has 0 aliphatic heterocycles. The summed E-state index contributed by atoms with van der Waals surface area (Å²) in [5.74, 6) is -1.19. The van der Waals surface area contributed by atoms with Crippen molar-refractivity contribution in [3.8, 4) is 5.75 Å². The van der Waals surface area contributed by atoms with Crippen LogP contribution in [0.3, 0.4) is 0 Å². The number of hydrogen-bond acceptors (Lipinski definition) is 3. The topological polar surface area (TPSA) is 42.4 Å². The van der Waals surface area contributed by atoms with Crippen molar-refractivity contribution in [3.63, 3.8) is 0 Å². The first-order chi connectivity index (χ1) is 6.60. The van der Waals surface area contributed by atoms with E-state index < -0.39 is 24.5 Å². The first-order valence-electron chi connectivity index (χ1n) is 3.72. The van der Waals surface area contributed by atoms with Crippen LogP contribution in [0.5, 0.6) is 5.75 Å². The molecule has 3 nitrogen and oxygen atoms in total. The van der Waals surface area contributed by atoms with E-state index in [1.165, 1.54) is 7.11 Å². The summed E-state index contributed by atoms with van der Waals surface area (Å²) in [5, 5.41) is 8.74. The number of rotatable bonds is 3. The minimum atomic E-state index is -3.01. The standard InChI is InChI=1S/C8H8F3NO2/c1-14-6-2-4(9)7(8(10)11)12-5(6)3-13/h2,8,13H,3H2,1H3. The highest BCUT2D eigenvalue weighted by Gasteiger charge is 2.18. The minimum Gasteiger partial charge on any atom is -0.495 e. The van der Waals surface area contributed by atoms with Gasteiger partial charge in [-0.3, -0.25) is 0 Å². The first kappa shape index (κ1) is 10.8. The largest absolute Gasteiger partial charge is 0.495 e. The lowest BCUT2D eigenvalue weighted by Gasteiger charge is -2.08. The molecule has 0 aliphatic rings. The van der Waals surface area contributed by atoms with Gasteiger partial charge in [0.15, 0.2) is 5.82 Å². The van der Waals surface area contributed by atoms with Crippen molar-refractivity contribution in [1.82, 2.24) is 4.98 Å². The monoisotopic (exact) mass is 207 g/mol. The van der Waals surface area contributed by atoms with Crippen LogP contribution in [-0.2, 0) is 6.61 Å². The van der Waals surface area contributed by atoms with Crippen LogP contribution in [0.25, 0.3) is 0 Å². The van der Waals surface area contributed by atoms with Gasteiger partial charge in [0.25, 0.3) is 6.43 Å². The number of nitrogens with zero attached hydrogens (tertiary/aromatic N) is 1. The van der Waals surface area contributed by atoms with Gasteiger partial charge in [-0.1, -0.05) is 0 Å². The van der Waals surface area contributed by atoms with Gasteiger partial charge in [0.1, 0.15) is 17.1 Å². The maximum absolute atomic E-state index is 12.9. The van der Waals surface area contributed by atoms with Gasteiger partial charge >= 0.3 is 0 Å². The van der Waals surface area contributed by atoms with Gasteiger partial charge in [-0.15, -0.1) is 0 Å². The molecule has 0 amide bonds. The molecule has 1 heterocycles. The van der Waals surface area contributed by atoms with Crippen LogP contribution in [0.2, 0.25) is 0 Å². The third-order valence-corrected chi connectivity index (χ3v) is 1.62. The predicted octanol–water partition coefficient (Wildman–Crippen LogP) is 1.66. The smallest absolute Gasteiger partial charge is 0.283 e.